The van der Waals surface area contributed by atoms with Crippen molar-refractivity contribution in [3.05, 3.63) is 29.3 Å². The lowest BCUT2D eigenvalue weighted by Crippen LogP contribution is -2.52. The zero-order chi connectivity index (χ0) is 21.5. The van der Waals surface area contributed by atoms with Crippen LogP contribution in [-0.4, -0.2) is 82.3 Å². The average molecular weight is 436 g/mol. The Labute approximate surface area is 180 Å². The maximum atomic E-state index is 13.4. The van der Waals surface area contributed by atoms with E-state index >= 15 is 0 Å². The van der Waals surface area contributed by atoms with Gasteiger partial charge in [-0.1, -0.05) is 12.1 Å². The Morgan fingerprint density at radius 3 is 2.47 bits per heavy atom. The predicted octanol–water partition coefficient (Wildman–Crippen LogP) is 1.50. The summed E-state index contributed by atoms with van der Waals surface area (Å²) in [6, 6.07) is 6.48. The number of anilines is 1. The molecule has 0 aromatic heterocycles. The highest BCUT2D eigenvalue weighted by Crippen LogP contribution is 2.36. The summed E-state index contributed by atoms with van der Waals surface area (Å²) in [6.45, 7) is 9.25. The van der Waals surface area contributed by atoms with E-state index in [1.54, 1.807) is 0 Å². The number of benzene rings is 1. The first-order valence-corrected chi connectivity index (χ1v) is 12.7. The van der Waals surface area contributed by atoms with Crippen LogP contribution in [-0.2, 0) is 19.6 Å². The molecule has 30 heavy (non-hydrogen) atoms. The molecule has 0 bridgehead atoms. The molecule has 3 atom stereocenters. The molecule has 3 aliphatic heterocycles. The van der Waals surface area contributed by atoms with Gasteiger partial charge in [0.25, 0.3) is 0 Å². The normalized spacial score (nSPS) is 28.3. The third-order valence-electron chi connectivity index (χ3n) is 6.98. The molecule has 7 nitrogen and oxygen atoms in total. The highest BCUT2D eigenvalue weighted by Gasteiger charge is 2.46. The smallest absolute Gasteiger partial charge is 0.227 e. The van der Waals surface area contributed by atoms with Crippen molar-refractivity contribution in [3.63, 3.8) is 0 Å². The molecule has 3 fully saturated rings. The highest BCUT2D eigenvalue weighted by molar-refractivity contribution is 7.88. The van der Waals surface area contributed by atoms with Gasteiger partial charge in [-0.15, -0.1) is 0 Å². The molecular formula is C22H33N3O4S. The summed E-state index contributed by atoms with van der Waals surface area (Å²) in [5.74, 6) is 0.158. The summed E-state index contributed by atoms with van der Waals surface area (Å²) < 4.78 is 31.4. The molecule has 3 saturated heterocycles. The van der Waals surface area contributed by atoms with Crippen LogP contribution < -0.4 is 4.90 Å². The van der Waals surface area contributed by atoms with Crippen LogP contribution in [0.1, 0.15) is 17.5 Å². The number of piperazine rings is 1. The minimum absolute atomic E-state index is 0.0479. The number of hydrogen-bond donors (Lipinski definition) is 0. The lowest BCUT2D eigenvalue weighted by Gasteiger charge is -2.38. The molecular weight excluding hydrogens is 402 g/mol. The molecule has 3 heterocycles. The van der Waals surface area contributed by atoms with Gasteiger partial charge in [-0.05, 0) is 49.3 Å². The first kappa shape index (κ1) is 21.6. The van der Waals surface area contributed by atoms with Crippen LogP contribution in [0.5, 0.6) is 0 Å². The van der Waals surface area contributed by atoms with Gasteiger partial charge in [0.05, 0.1) is 12.2 Å². The predicted molar refractivity (Wildman–Crippen MR) is 117 cm³/mol. The Morgan fingerprint density at radius 2 is 1.83 bits per heavy atom. The first-order chi connectivity index (χ1) is 14.2. The van der Waals surface area contributed by atoms with E-state index in [-0.39, 0.29) is 23.7 Å². The molecule has 0 radical (unpaired) electrons. The summed E-state index contributed by atoms with van der Waals surface area (Å²) in [5, 5.41) is 0. The fraction of sp³-hybridized carbons (Fsp3) is 0.682. The number of ether oxygens (including phenoxy) is 1. The number of nitrogens with zero attached hydrogens (tertiary/aromatic N) is 3. The number of sulfonamides is 1. The molecule has 0 aliphatic carbocycles. The Hall–Kier alpha value is -1.64. The topological polar surface area (TPSA) is 70.2 Å². The second-order valence-electron chi connectivity index (χ2n) is 9.08. The van der Waals surface area contributed by atoms with Crippen LogP contribution >= 0.6 is 0 Å². The third-order valence-corrected chi connectivity index (χ3v) is 8.22. The third kappa shape index (κ3) is 4.36. The minimum atomic E-state index is -3.30. The quantitative estimate of drug-likeness (QED) is 0.717. The van der Waals surface area contributed by atoms with Crippen molar-refractivity contribution in [2.45, 2.75) is 20.3 Å². The Balaban J connectivity index is 1.45. The SMILES string of the molecule is Cc1ccc(C)c(N2CCN(C(=O)[C@@H]3CN(S(C)(=O)=O)CC3C3CCOC3)CC2)c1. The van der Waals surface area contributed by atoms with Gasteiger partial charge in [-0.2, -0.15) is 0 Å². The zero-order valence-corrected chi connectivity index (χ0v) is 19.0. The molecule has 0 spiro atoms. The summed E-state index contributed by atoms with van der Waals surface area (Å²) in [6.07, 6.45) is 2.15. The molecule has 166 valence electrons. The maximum Gasteiger partial charge on any atom is 0.227 e. The van der Waals surface area contributed by atoms with Gasteiger partial charge in [0.1, 0.15) is 0 Å². The largest absolute Gasteiger partial charge is 0.381 e. The Bertz CT molecular complexity index is 890. The van der Waals surface area contributed by atoms with Gasteiger partial charge in [0.15, 0.2) is 0 Å². The Morgan fingerprint density at radius 1 is 1.10 bits per heavy atom. The summed E-state index contributed by atoms with van der Waals surface area (Å²) in [5.41, 5.74) is 3.73. The van der Waals surface area contributed by atoms with E-state index in [9.17, 15) is 13.2 Å². The van der Waals surface area contributed by atoms with E-state index in [4.69, 9.17) is 4.74 Å². The van der Waals surface area contributed by atoms with Gasteiger partial charge in [0.2, 0.25) is 15.9 Å². The van der Waals surface area contributed by atoms with Crippen LogP contribution in [0.25, 0.3) is 0 Å². The number of rotatable bonds is 4. The number of carbonyl (C=O) groups excluding carboxylic acids is 1. The summed E-state index contributed by atoms with van der Waals surface area (Å²) in [7, 11) is -3.30. The molecule has 3 aliphatic rings. The maximum absolute atomic E-state index is 13.4. The van der Waals surface area contributed by atoms with E-state index in [2.05, 4.69) is 36.9 Å². The van der Waals surface area contributed by atoms with Crippen LogP contribution in [0.15, 0.2) is 18.2 Å². The Kier molecular flexibility index (Phi) is 6.10. The van der Waals surface area contributed by atoms with Crippen molar-refractivity contribution < 1.29 is 17.9 Å². The molecule has 1 amide bonds. The van der Waals surface area contributed by atoms with Gasteiger partial charge in [-0.3, -0.25) is 4.79 Å². The summed E-state index contributed by atoms with van der Waals surface area (Å²) in [4.78, 5) is 17.7. The number of carbonyl (C=O) groups is 1. The van der Waals surface area contributed by atoms with Crippen LogP contribution in [0.2, 0.25) is 0 Å². The molecule has 2 unspecified atom stereocenters. The van der Waals surface area contributed by atoms with Crippen LogP contribution in [0, 0.1) is 31.6 Å². The standard InChI is InChI=1S/C22H33N3O4S/c1-16-4-5-17(2)21(12-16)23-7-9-24(10-8-23)22(26)20-14-25(30(3,27)28)13-19(20)18-6-11-29-15-18/h4-5,12,18-20H,6-11,13-15H2,1-3H3/t18?,19?,20-/m1/s1. The van der Waals surface area contributed by atoms with Crippen LogP contribution in [0.4, 0.5) is 5.69 Å². The fourth-order valence-electron chi connectivity index (χ4n) is 5.15. The van der Waals surface area contributed by atoms with E-state index < -0.39 is 10.0 Å². The zero-order valence-electron chi connectivity index (χ0n) is 18.2. The van der Waals surface area contributed by atoms with Gasteiger partial charge < -0.3 is 14.5 Å². The number of hydrogen-bond acceptors (Lipinski definition) is 5. The molecule has 1 aromatic carbocycles. The summed E-state index contributed by atoms with van der Waals surface area (Å²) >= 11 is 0. The molecule has 1 aromatic rings. The van der Waals surface area contributed by atoms with Crippen molar-refractivity contribution in [1.29, 1.82) is 0 Å². The average Bonchev–Trinajstić information content (AvgIpc) is 3.38. The van der Waals surface area contributed by atoms with Gasteiger partial charge in [0, 0.05) is 58.2 Å². The van der Waals surface area contributed by atoms with Crippen molar-refractivity contribution in [2.75, 3.05) is 63.6 Å². The lowest BCUT2D eigenvalue weighted by atomic mass is 9.82. The second-order valence-corrected chi connectivity index (χ2v) is 11.1. The van der Waals surface area contributed by atoms with Crippen molar-refractivity contribution in [2.24, 2.45) is 17.8 Å². The number of amides is 1. The van der Waals surface area contributed by atoms with Gasteiger partial charge >= 0.3 is 0 Å². The molecule has 8 heteroatoms. The first-order valence-electron chi connectivity index (χ1n) is 10.9. The molecule has 0 N–H and O–H groups in total. The number of aryl methyl sites for hydroxylation is 2. The van der Waals surface area contributed by atoms with Crippen LogP contribution in [0.3, 0.4) is 0 Å². The van der Waals surface area contributed by atoms with E-state index in [0.717, 1.165) is 19.5 Å². The second kappa shape index (κ2) is 8.48. The van der Waals surface area contributed by atoms with Crippen molar-refractivity contribution in [1.82, 2.24) is 9.21 Å². The molecule has 0 saturated carbocycles. The van der Waals surface area contributed by atoms with E-state index in [1.165, 1.54) is 27.4 Å². The lowest BCUT2D eigenvalue weighted by molar-refractivity contribution is -0.137. The van der Waals surface area contributed by atoms with Gasteiger partial charge in [-0.25, -0.2) is 12.7 Å². The van der Waals surface area contributed by atoms with Crippen molar-refractivity contribution >= 4 is 21.6 Å². The van der Waals surface area contributed by atoms with E-state index in [0.29, 0.717) is 39.4 Å². The monoisotopic (exact) mass is 435 g/mol. The fourth-order valence-corrected chi connectivity index (χ4v) is 6.03. The minimum Gasteiger partial charge on any atom is -0.381 e. The van der Waals surface area contributed by atoms with Crippen molar-refractivity contribution in [3.8, 4) is 0 Å². The molecule has 4 rings (SSSR count). The highest BCUT2D eigenvalue weighted by atomic mass is 32.2. The van der Waals surface area contributed by atoms with E-state index in [1.807, 2.05) is 4.90 Å².